The highest BCUT2D eigenvalue weighted by molar-refractivity contribution is 7.99. The van der Waals surface area contributed by atoms with E-state index in [-0.39, 0.29) is 16.7 Å². The highest BCUT2D eigenvalue weighted by Crippen LogP contribution is 2.43. The molecule has 0 aliphatic carbocycles. The lowest BCUT2D eigenvalue weighted by Crippen LogP contribution is -2.17. The maximum absolute atomic E-state index is 11.0. The van der Waals surface area contributed by atoms with Crippen molar-refractivity contribution in [2.75, 3.05) is 5.75 Å². The molecule has 0 spiro atoms. The van der Waals surface area contributed by atoms with Crippen molar-refractivity contribution < 1.29 is 10.2 Å². The van der Waals surface area contributed by atoms with Crippen LogP contribution in [0.25, 0.3) is 0 Å². The van der Waals surface area contributed by atoms with Gasteiger partial charge in [0.05, 0.1) is 0 Å². The molecule has 1 unspecified atom stereocenters. The van der Waals surface area contributed by atoms with Crippen molar-refractivity contribution >= 4 is 11.8 Å². The minimum Gasteiger partial charge on any atom is -0.508 e. The van der Waals surface area contributed by atoms with Crippen molar-refractivity contribution in [3.63, 3.8) is 0 Å². The van der Waals surface area contributed by atoms with Crippen LogP contribution in [0.3, 0.4) is 0 Å². The smallest absolute Gasteiger partial charge is 0.119 e. The molecule has 232 valence electrons. The molecule has 0 saturated carbocycles. The molecule has 0 aliphatic heterocycles. The second-order valence-electron chi connectivity index (χ2n) is 14.6. The molecule has 0 radical (unpaired) electrons. The average Bonchev–Trinajstić information content (AvgIpc) is 2.88. The first-order chi connectivity index (χ1) is 19.2. The van der Waals surface area contributed by atoms with Gasteiger partial charge in [-0.1, -0.05) is 125 Å². The lowest BCUT2D eigenvalue weighted by molar-refractivity contribution is 0.462. The monoisotopic (exact) mass is 582 g/mol. The van der Waals surface area contributed by atoms with E-state index in [0.29, 0.717) is 16.7 Å². The first kappa shape index (κ1) is 35.6. The van der Waals surface area contributed by atoms with Crippen LogP contribution in [0.5, 0.6) is 11.5 Å². The molecule has 1 atom stereocenters. The van der Waals surface area contributed by atoms with E-state index in [1.165, 1.54) is 81.1 Å². The van der Waals surface area contributed by atoms with Crippen LogP contribution in [-0.4, -0.2) is 21.2 Å². The topological polar surface area (TPSA) is 40.5 Å². The zero-order valence-electron chi connectivity index (χ0n) is 28.3. The average molecular weight is 583 g/mol. The summed E-state index contributed by atoms with van der Waals surface area (Å²) in [6, 6.07) is 8.52. The van der Waals surface area contributed by atoms with Gasteiger partial charge in [-0.15, -0.1) is 0 Å². The summed E-state index contributed by atoms with van der Waals surface area (Å²) in [5.74, 6) is 2.05. The number of thioether (sulfide) groups is 1. The Bertz CT molecular complexity index is 1000. The van der Waals surface area contributed by atoms with Gasteiger partial charge in [-0.05, 0) is 88.8 Å². The van der Waals surface area contributed by atoms with Crippen molar-refractivity contribution in [2.24, 2.45) is 0 Å². The molecule has 0 heterocycles. The van der Waals surface area contributed by atoms with E-state index in [0.717, 1.165) is 28.7 Å². The number of aromatic hydroxyl groups is 2. The fourth-order valence-corrected chi connectivity index (χ4v) is 6.83. The molecule has 0 aromatic heterocycles. The third kappa shape index (κ3) is 11.2. The van der Waals surface area contributed by atoms with Crippen molar-refractivity contribution in [1.82, 2.24) is 0 Å². The molecular formula is C38H62O2S. The van der Waals surface area contributed by atoms with Crippen LogP contribution < -0.4 is 0 Å². The molecule has 0 fully saturated rings. The normalized spacial score (nSPS) is 13.2. The molecular weight excluding hydrogens is 520 g/mol. The SMILES string of the molecule is CCCCCCCCCCCCSC(C)CC(c1cc(C(C)(C)C)cc(O)c1C)c1cc(C(C)(C)C)cc(O)c1C. The fraction of sp³-hybridized carbons (Fsp3) is 0.684. The summed E-state index contributed by atoms with van der Waals surface area (Å²) in [6.45, 7) is 22.0. The molecule has 0 aliphatic rings. The predicted octanol–water partition coefficient (Wildman–Crippen LogP) is 11.9. The quantitative estimate of drug-likeness (QED) is 0.193. The molecule has 0 saturated heterocycles. The number of hydrogen-bond acceptors (Lipinski definition) is 3. The molecule has 41 heavy (non-hydrogen) atoms. The van der Waals surface area contributed by atoms with E-state index in [2.05, 4.69) is 93.1 Å². The summed E-state index contributed by atoms with van der Waals surface area (Å²) in [4.78, 5) is 0. The molecule has 2 aromatic carbocycles. The van der Waals surface area contributed by atoms with Crippen LogP contribution in [0, 0.1) is 13.8 Å². The molecule has 0 bridgehead atoms. The number of phenols is 2. The van der Waals surface area contributed by atoms with Gasteiger partial charge in [-0.3, -0.25) is 0 Å². The Morgan fingerprint density at radius 3 is 1.41 bits per heavy atom. The van der Waals surface area contributed by atoms with Gasteiger partial charge in [0, 0.05) is 11.2 Å². The van der Waals surface area contributed by atoms with Gasteiger partial charge in [0.15, 0.2) is 0 Å². The van der Waals surface area contributed by atoms with E-state index in [9.17, 15) is 10.2 Å². The summed E-state index contributed by atoms with van der Waals surface area (Å²) in [7, 11) is 0. The highest BCUT2D eigenvalue weighted by Gasteiger charge is 2.28. The van der Waals surface area contributed by atoms with Gasteiger partial charge in [0.2, 0.25) is 0 Å². The zero-order valence-corrected chi connectivity index (χ0v) is 29.1. The summed E-state index contributed by atoms with van der Waals surface area (Å²) >= 11 is 2.09. The Balaban J connectivity index is 2.22. The van der Waals surface area contributed by atoms with E-state index >= 15 is 0 Å². The summed E-state index contributed by atoms with van der Waals surface area (Å²) in [5, 5.41) is 22.6. The van der Waals surface area contributed by atoms with Gasteiger partial charge in [-0.2, -0.15) is 11.8 Å². The van der Waals surface area contributed by atoms with Gasteiger partial charge in [0.25, 0.3) is 0 Å². The minimum atomic E-state index is -0.0647. The zero-order chi connectivity index (χ0) is 30.8. The Hall–Kier alpha value is -1.61. The lowest BCUT2D eigenvalue weighted by Gasteiger charge is -2.30. The van der Waals surface area contributed by atoms with Crippen LogP contribution in [0.15, 0.2) is 24.3 Å². The largest absolute Gasteiger partial charge is 0.508 e. The second-order valence-corrected chi connectivity index (χ2v) is 16.1. The highest BCUT2D eigenvalue weighted by atomic mass is 32.2. The Labute approximate surface area is 258 Å². The molecule has 2 N–H and O–H groups in total. The third-order valence-corrected chi connectivity index (χ3v) is 10.1. The first-order valence-corrected chi connectivity index (χ1v) is 17.5. The van der Waals surface area contributed by atoms with Crippen LogP contribution in [-0.2, 0) is 10.8 Å². The second kappa shape index (κ2) is 16.3. The minimum absolute atomic E-state index is 0.0647. The van der Waals surface area contributed by atoms with Gasteiger partial charge in [-0.25, -0.2) is 0 Å². The Morgan fingerprint density at radius 2 is 1.02 bits per heavy atom. The number of unbranched alkanes of at least 4 members (excludes halogenated alkanes) is 9. The van der Waals surface area contributed by atoms with Crippen molar-refractivity contribution in [2.45, 2.75) is 162 Å². The van der Waals surface area contributed by atoms with Crippen LogP contribution in [0.2, 0.25) is 0 Å². The predicted molar refractivity (Wildman–Crippen MR) is 183 cm³/mol. The number of phenolic OH excluding ortho intramolecular Hbond substituents is 2. The first-order valence-electron chi connectivity index (χ1n) is 16.5. The number of rotatable bonds is 16. The Kier molecular flexibility index (Phi) is 14.1. The fourth-order valence-electron chi connectivity index (χ4n) is 5.73. The van der Waals surface area contributed by atoms with E-state index in [4.69, 9.17) is 0 Å². The lowest BCUT2D eigenvalue weighted by atomic mass is 9.76. The van der Waals surface area contributed by atoms with Crippen molar-refractivity contribution in [3.05, 3.63) is 57.6 Å². The van der Waals surface area contributed by atoms with Gasteiger partial charge < -0.3 is 10.2 Å². The van der Waals surface area contributed by atoms with Crippen LogP contribution in [0.1, 0.15) is 165 Å². The van der Waals surface area contributed by atoms with Crippen molar-refractivity contribution in [1.29, 1.82) is 0 Å². The van der Waals surface area contributed by atoms with Crippen LogP contribution in [0.4, 0.5) is 0 Å². The summed E-state index contributed by atoms with van der Waals surface area (Å²) in [6.07, 6.45) is 14.7. The van der Waals surface area contributed by atoms with Crippen molar-refractivity contribution in [3.8, 4) is 11.5 Å². The van der Waals surface area contributed by atoms with Crippen LogP contribution >= 0.6 is 11.8 Å². The van der Waals surface area contributed by atoms with Gasteiger partial charge >= 0.3 is 0 Å². The standard InChI is InChI=1S/C38H62O2S/c1-11-12-13-14-15-16-17-18-19-20-21-41-27(2)22-34(32-23-30(37(5,6)7)25-35(39)28(32)3)33-24-31(38(8,9)10)26-36(40)29(33)4/h23-27,34,39-40H,11-22H2,1-10H3. The third-order valence-electron chi connectivity index (χ3n) is 8.79. The summed E-state index contributed by atoms with van der Waals surface area (Å²) in [5.41, 5.74) is 6.46. The molecule has 2 rings (SSSR count). The number of benzene rings is 2. The molecule has 0 amide bonds. The van der Waals surface area contributed by atoms with E-state index < -0.39 is 0 Å². The molecule has 2 aromatic rings. The Morgan fingerprint density at radius 1 is 0.634 bits per heavy atom. The molecule has 3 heteroatoms. The number of hydrogen-bond donors (Lipinski definition) is 2. The summed E-state index contributed by atoms with van der Waals surface area (Å²) < 4.78 is 0. The molecule has 2 nitrogen and oxygen atoms in total. The van der Waals surface area contributed by atoms with E-state index in [1.807, 2.05) is 12.1 Å². The maximum Gasteiger partial charge on any atom is 0.119 e. The van der Waals surface area contributed by atoms with E-state index in [1.54, 1.807) is 0 Å². The maximum atomic E-state index is 11.0. The van der Waals surface area contributed by atoms with Gasteiger partial charge in [0.1, 0.15) is 11.5 Å².